The number of aromatic nitrogens is 2. The zero-order chi connectivity index (χ0) is 19.6. The quantitative estimate of drug-likeness (QED) is 0.828. The van der Waals surface area contributed by atoms with Crippen LogP contribution in [0, 0.1) is 6.92 Å². The van der Waals surface area contributed by atoms with E-state index < -0.39 is 18.6 Å². The number of aromatic amines is 1. The number of piperidine rings is 1. The number of likely N-dealkylation sites (tertiary alicyclic amines) is 1. The molecule has 1 aliphatic heterocycles. The van der Waals surface area contributed by atoms with Crippen LogP contribution in [0.2, 0.25) is 0 Å². The summed E-state index contributed by atoms with van der Waals surface area (Å²) < 4.78 is 36.5. The molecule has 10 heteroatoms. The maximum absolute atomic E-state index is 12.5. The smallest absolute Gasteiger partial charge is 0.342 e. The molecule has 1 aliphatic rings. The molecule has 0 atom stereocenters. The summed E-state index contributed by atoms with van der Waals surface area (Å²) in [5, 5.41) is 10.3. The average Bonchev–Trinajstić information content (AvgIpc) is 3.28. The Labute approximate surface area is 157 Å². The molecular weight excluding hydrogens is 381 g/mol. The monoisotopic (exact) mass is 400 g/mol. The van der Waals surface area contributed by atoms with Crippen molar-refractivity contribution in [2.75, 3.05) is 19.6 Å². The van der Waals surface area contributed by atoms with E-state index in [0.717, 1.165) is 10.4 Å². The minimum atomic E-state index is -4.46. The Morgan fingerprint density at radius 2 is 2.04 bits per heavy atom. The second-order valence-electron chi connectivity index (χ2n) is 6.56. The first-order chi connectivity index (χ1) is 12.7. The molecule has 1 fully saturated rings. The lowest BCUT2D eigenvalue weighted by molar-refractivity contribution is -0.123. The summed E-state index contributed by atoms with van der Waals surface area (Å²) in [6, 6.07) is 3.36. The summed E-state index contributed by atoms with van der Waals surface area (Å²) in [6.07, 6.45) is -3.07. The van der Waals surface area contributed by atoms with Gasteiger partial charge in [0.2, 0.25) is 0 Å². The number of amides is 2. The van der Waals surface area contributed by atoms with E-state index in [-0.39, 0.29) is 17.5 Å². The van der Waals surface area contributed by atoms with Gasteiger partial charge >= 0.3 is 6.18 Å². The van der Waals surface area contributed by atoms with E-state index in [1.54, 1.807) is 10.2 Å². The summed E-state index contributed by atoms with van der Waals surface area (Å²) in [6.45, 7) is 1.71. The molecule has 27 heavy (non-hydrogen) atoms. The third-order valence-corrected chi connectivity index (χ3v) is 5.48. The number of halogens is 3. The first-order valence-electron chi connectivity index (χ1n) is 8.47. The van der Waals surface area contributed by atoms with E-state index in [2.05, 4.69) is 10.2 Å². The number of thiophene rings is 1. The van der Waals surface area contributed by atoms with Crippen molar-refractivity contribution in [2.24, 2.45) is 0 Å². The molecule has 1 saturated heterocycles. The van der Waals surface area contributed by atoms with Crippen molar-refractivity contribution in [1.82, 2.24) is 20.4 Å². The fourth-order valence-corrected chi connectivity index (χ4v) is 3.89. The summed E-state index contributed by atoms with van der Waals surface area (Å²) in [5.41, 5.74) is 1.69. The van der Waals surface area contributed by atoms with E-state index in [1.807, 2.05) is 18.4 Å². The van der Waals surface area contributed by atoms with Gasteiger partial charge in [-0.15, -0.1) is 11.3 Å². The molecule has 3 heterocycles. The average molecular weight is 400 g/mol. The van der Waals surface area contributed by atoms with Crippen LogP contribution in [0.1, 0.15) is 50.2 Å². The zero-order valence-electron chi connectivity index (χ0n) is 14.6. The molecule has 0 aliphatic carbocycles. The van der Waals surface area contributed by atoms with Gasteiger partial charge in [0, 0.05) is 24.7 Å². The van der Waals surface area contributed by atoms with Crippen molar-refractivity contribution >= 4 is 23.2 Å². The second kappa shape index (κ2) is 7.71. The van der Waals surface area contributed by atoms with Gasteiger partial charge in [0.1, 0.15) is 12.2 Å². The van der Waals surface area contributed by atoms with E-state index in [9.17, 15) is 22.8 Å². The van der Waals surface area contributed by atoms with Crippen molar-refractivity contribution in [3.63, 3.8) is 0 Å². The third-order valence-electron chi connectivity index (χ3n) is 4.44. The standard InChI is InChI=1S/C17H19F3N4O2S/c1-10-6-14(27-8-10)16(26)24-4-2-11(3-5-24)12-7-13(23-22-12)15(25)21-9-17(18,19)20/h6-8,11H,2-5,9H2,1H3,(H,21,25)(H,22,23). The Balaban J connectivity index is 1.55. The lowest BCUT2D eigenvalue weighted by atomic mass is 9.93. The van der Waals surface area contributed by atoms with Crippen LogP contribution < -0.4 is 5.32 Å². The van der Waals surface area contributed by atoms with Crippen molar-refractivity contribution < 1.29 is 22.8 Å². The molecule has 2 N–H and O–H groups in total. The summed E-state index contributed by atoms with van der Waals surface area (Å²) in [5.74, 6) is -0.769. The predicted molar refractivity (Wildman–Crippen MR) is 93.9 cm³/mol. The molecule has 6 nitrogen and oxygen atoms in total. The molecule has 0 unspecified atom stereocenters. The molecule has 146 valence electrons. The van der Waals surface area contributed by atoms with Crippen LogP contribution in [-0.4, -0.2) is 52.7 Å². The highest BCUT2D eigenvalue weighted by Gasteiger charge is 2.29. The van der Waals surface area contributed by atoms with Gasteiger partial charge in [-0.05, 0) is 42.8 Å². The number of hydrogen-bond acceptors (Lipinski definition) is 4. The lowest BCUT2D eigenvalue weighted by Gasteiger charge is -2.31. The topological polar surface area (TPSA) is 78.1 Å². The van der Waals surface area contributed by atoms with Crippen LogP contribution >= 0.6 is 11.3 Å². The van der Waals surface area contributed by atoms with Gasteiger partial charge in [0.15, 0.2) is 0 Å². The first-order valence-corrected chi connectivity index (χ1v) is 9.35. The van der Waals surface area contributed by atoms with Crippen LogP contribution in [-0.2, 0) is 0 Å². The molecule has 2 aromatic rings. The highest BCUT2D eigenvalue weighted by atomic mass is 32.1. The van der Waals surface area contributed by atoms with Gasteiger partial charge in [0.05, 0.1) is 4.88 Å². The molecule has 0 spiro atoms. The third kappa shape index (κ3) is 4.88. The number of nitrogens with zero attached hydrogens (tertiary/aromatic N) is 2. The molecular formula is C17H19F3N4O2S. The highest BCUT2D eigenvalue weighted by Crippen LogP contribution is 2.28. The molecule has 0 saturated carbocycles. The van der Waals surface area contributed by atoms with Crippen molar-refractivity contribution in [3.05, 3.63) is 39.3 Å². The number of rotatable bonds is 4. The van der Waals surface area contributed by atoms with E-state index in [0.29, 0.717) is 31.6 Å². The number of aryl methyl sites for hydroxylation is 1. The molecule has 0 radical (unpaired) electrons. The normalized spacial score (nSPS) is 15.8. The Morgan fingerprint density at radius 1 is 1.33 bits per heavy atom. The van der Waals surface area contributed by atoms with E-state index >= 15 is 0 Å². The summed E-state index contributed by atoms with van der Waals surface area (Å²) >= 11 is 1.43. The Bertz CT molecular complexity index is 822. The van der Waals surface area contributed by atoms with Gasteiger partial charge in [-0.2, -0.15) is 18.3 Å². The number of carbonyl (C=O) groups is 2. The number of hydrogen-bond donors (Lipinski definition) is 2. The SMILES string of the molecule is Cc1csc(C(=O)N2CCC(c3cc(C(=O)NCC(F)(F)F)n[nH]3)CC2)c1. The minimum Gasteiger partial charge on any atom is -0.342 e. The maximum Gasteiger partial charge on any atom is 0.405 e. The van der Waals surface area contributed by atoms with Crippen LogP contribution in [0.15, 0.2) is 17.5 Å². The van der Waals surface area contributed by atoms with Crippen LogP contribution in [0.4, 0.5) is 13.2 Å². The first kappa shape index (κ1) is 19.4. The number of alkyl halides is 3. The summed E-state index contributed by atoms with van der Waals surface area (Å²) in [4.78, 5) is 26.7. The van der Waals surface area contributed by atoms with Crippen molar-refractivity contribution in [1.29, 1.82) is 0 Å². The van der Waals surface area contributed by atoms with Gasteiger partial charge in [-0.25, -0.2) is 0 Å². The van der Waals surface area contributed by atoms with Crippen LogP contribution in [0.25, 0.3) is 0 Å². The second-order valence-corrected chi connectivity index (χ2v) is 7.47. The number of nitrogens with one attached hydrogen (secondary N) is 2. The van der Waals surface area contributed by atoms with Crippen LogP contribution in [0.3, 0.4) is 0 Å². The minimum absolute atomic E-state index is 0.0170. The predicted octanol–water partition coefficient (Wildman–Crippen LogP) is 3.09. The van der Waals surface area contributed by atoms with Gasteiger partial charge in [0.25, 0.3) is 11.8 Å². The number of carbonyl (C=O) groups excluding carboxylic acids is 2. The molecule has 3 rings (SSSR count). The maximum atomic E-state index is 12.5. The van der Waals surface area contributed by atoms with E-state index in [4.69, 9.17) is 0 Å². The molecule has 2 amide bonds. The fourth-order valence-electron chi connectivity index (χ4n) is 3.03. The van der Waals surface area contributed by atoms with Crippen molar-refractivity contribution in [3.8, 4) is 0 Å². The number of H-pyrrole nitrogens is 1. The van der Waals surface area contributed by atoms with Crippen LogP contribution in [0.5, 0.6) is 0 Å². The highest BCUT2D eigenvalue weighted by molar-refractivity contribution is 7.12. The summed E-state index contributed by atoms with van der Waals surface area (Å²) in [7, 11) is 0. The van der Waals surface area contributed by atoms with E-state index in [1.165, 1.54) is 17.4 Å². The van der Waals surface area contributed by atoms with Gasteiger partial charge in [-0.1, -0.05) is 0 Å². The van der Waals surface area contributed by atoms with Gasteiger partial charge in [-0.3, -0.25) is 14.7 Å². The molecule has 2 aromatic heterocycles. The Morgan fingerprint density at radius 3 is 2.63 bits per heavy atom. The van der Waals surface area contributed by atoms with Crippen molar-refractivity contribution in [2.45, 2.75) is 31.9 Å². The molecule has 0 bridgehead atoms. The Kier molecular flexibility index (Phi) is 5.54. The fraction of sp³-hybridized carbons (Fsp3) is 0.471. The largest absolute Gasteiger partial charge is 0.405 e. The Hall–Kier alpha value is -2.36. The van der Waals surface area contributed by atoms with Gasteiger partial charge < -0.3 is 10.2 Å². The molecule has 0 aromatic carbocycles. The lowest BCUT2D eigenvalue weighted by Crippen LogP contribution is -2.37. The zero-order valence-corrected chi connectivity index (χ0v) is 15.4.